The van der Waals surface area contributed by atoms with Gasteiger partial charge in [-0.3, -0.25) is 4.79 Å². The Morgan fingerprint density at radius 1 is 1.11 bits per heavy atom. The van der Waals surface area contributed by atoms with Crippen molar-refractivity contribution in [3.8, 4) is 16.9 Å². The summed E-state index contributed by atoms with van der Waals surface area (Å²) in [5, 5.41) is 2.84. The number of amides is 1. The molecule has 3 rings (SSSR count). The van der Waals surface area contributed by atoms with E-state index in [9.17, 15) is 4.79 Å². The van der Waals surface area contributed by atoms with Crippen LogP contribution < -0.4 is 10.1 Å². The van der Waals surface area contributed by atoms with E-state index < -0.39 is 0 Å². The van der Waals surface area contributed by atoms with E-state index in [1.807, 2.05) is 43.3 Å². The highest BCUT2D eigenvalue weighted by Crippen LogP contribution is 2.29. The van der Waals surface area contributed by atoms with E-state index in [-0.39, 0.29) is 5.91 Å². The zero-order chi connectivity index (χ0) is 13.2. The molecule has 3 nitrogen and oxygen atoms in total. The number of anilines is 1. The average Bonchev–Trinajstić information content (AvgIpc) is 2.79. The van der Waals surface area contributed by atoms with Crippen molar-refractivity contribution in [3.63, 3.8) is 0 Å². The van der Waals surface area contributed by atoms with Crippen LogP contribution in [0.4, 0.5) is 5.69 Å². The Morgan fingerprint density at radius 2 is 1.84 bits per heavy atom. The third-order valence-electron chi connectivity index (χ3n) is 3.23. The fourth-order valence-corrected chi connectivity index (χ4v) is 2.32. The van der Waals surface area contributed by atoms with Crippen LogP contribution in [0.25, 0.3) is 11.1 Å². The van der Waals surface area contributed by atoms with Crippen LogP contribution in [0.5, 0.6) is 5.75 Å². The zero-order valence-electron chi connectivity index (χ0n) is 10.8. The van der Waals surface area contributed by atoms with Gasteiger partial charge in [0, 0.05) is 5.69 Å². The molecule has 0 aliphatic carbocycles. The SMILES string of the molecule is CCOc1ccc(-c2ccc3c(c2)CC(=O)N3)cc1. The highest BCUT2D eigenvalue weighted by molar-refractivity contribution is 5.99. The van der Waals surface area contributed by atoms with Gasteiger partial charge in [0.15, 0.2) is 0 Å². The summed E-state index contributed by atoms with van der Waals surface area (Å²) >= 11 is 0. The summed E-state index contributed by atoms with van der Waals surface area (Å²) in [6, 6.07) is 14.1. The van der Waals surface area contributed by atoms with E-state index in [4.69, 9.17) is 4.74 Å². The van der Waals surface area contributed by atoms with Crippen molar-refractivity contribution in [1.29, 1.82) is 0 Å². The molecule has 96 valence electrons. The first-order valence-corrected chi connectivity index (χ1v) is 6.42. The summed E-state index contributed by atoms with van der Waals surface area (Å²) in [5.74, 6) is 0.947. The fraction of sp³-hybridized carbons (Fsp3) is 0.188. The molecule has 0 fully saturated rings. The van der Waals surface area contributed by atoms with E-state index in [1.54, 1.807) is 0 Å². The summed E-state index contributed by atoms with van der Waals surface area (Å²) in [7, 11) is 0. The maximum atomic E-state index is 11.3. The van der Waals surface area contributed by atoms with Gasteiger partial charge in [0.2, 0.25) is 5.91 Å². The van der Waals surface area contributed by atoms with Crippen LogP contribution in [-0.2, 0) is 11.2 Å². The zero-order valence-corrected chi connectivity index (χ0v) is 10.8. The lowest BCUT2D eigenvalue weighted by Crippen LogP contribution is -2.03. The Kier molecular flexibility index (Phi) is 2.95. The Labute approximate surface area is 112 Å². The molecule has 0 radical (unpaired) electrons. The van der Waals surface area contributed by atoms with E-state index >= 15 is 0 Å². The molecule has 1 aliphatic rings. The number of fused-ring (bicyclic) bond motifs is 1. The number of nitrogens with one attached hydrogen (secondary N) is 1. The topological polar surface area (TPSA) is 38.3 Å². The molecular formula is C16H15NO2. The average molecular weight is 253 g/mol. The molecule has 19 heavy (non-hydrogen) atoms. The molecule has 0 atom stereocenters. The van der Waals surface area contributed by atoms with Crippen molar-refractivity contribution in [2.75, 3.05) is 11.9 Å². The van der Waals surface area contributed by atoms with Crippen LogP contribution in [0.2, 0.25) is 0 Å². The fourth-order valence-electron chi connectivity index (χ4n) is 2.32. The van der Waals surface area contributed by atoms with E-state index in [0.717, 1.165) is 28.1 Å². The largest absolute Gasteiger partial charge is 0.494 e. The van der Waals surface area contributed by atoms with Gasteiger partial charge in [-0.25, -0.2) is 0 Å². The summed E-state index contributed by atoms with van der Waals surface area (Å²) in [4.78, 5) is 11.3. The van der Waals surface area contributed by atoms with Gasteiger partial charge in [-0.05, 0) is 47.9 Å². The minimum Gasteiger partial charge on any atom is -0.494 e. The van der Waals surface area contributed by atoms with Crippen molar-refractivity contribution < 1.29 is 9.53 Å². The summed E-state index contributed by atoms with van der Waals surface area (Å²) in [6.45, 7) is 2.64. The Hall–Kier alpha value is -2.29. The predicted octanol–water partition coefficient (Wildman–Crippen LogP) is 3.25. The first-order chi connectivity index (χ1) is 9.26. The second kappa shape index (κ2) is 4.76. The number of benzene rings is 2. The van der Waals surface area contributed by atoms with Gasteiger partial charge in [0.1, 0.15) is 5.75 Å². The van der Waals surface area contributed by atoms with E-state index in [0.29, 0.717) is 13.0 Å². The third kappa shape index (κ3) is 2.32. The summed E-state index contributed by atoms with van der Waals surface area (Å²) < 4.78 is 5.43. The molecule has 1 N–H and O–H groups in total. The van der Waals surface area contributed by atoms with Gasteiger partial charge < -0.3 is 10.1 Å². The molecule has 1 aliphatic heterocycles. The standard InChI is InChI=1S/C16H15NO2/c1-2-19-14-6-3-11(4-7-14)12-5-8-15-13(9-12)10-16(18)17-15/h3-9H,2,10H2,1H3,(H,17,18). The van der Waals surface area contributed by atoms with Crippen molar-refractivity contribution in [3.05, 3.63) is 48.0 Å². The van der Waals surface area contributed by atoms with E-state index in [1.165, 1.54) is 0 Å². The molecule has 0 bridgehead atoms. The lowest BCUT2D eigenvalue weighted by Gasteiger charge is -2.07. The molecule has 2 aromatic carbocycles. The van der Waals surface area contributed by atoms with Crippen molar-refractivity contribution >= 4 is 11.6 Å². The maximum absolute atomic E-state index is 11.3. The Balaban J connectivity index is 1.90. The van der Waals surface area contributed by atoms with Gasteiger partial charge in [-0.2, -0.15) is 0 Å². The van der Waals surface area contributed by atoms with Crippen LogP contribution in [0, 0.1) is 0 Å². The normalized spacial score (nSPS) is 13.0. The third-order valence-corrected chi connectivity index (χ3v) is 3.23. The number of hydrogen-bond donors (Lipinski definition) is 1. The molecule has 1 amide bonds. The molecule has 0 aromatic heterocycles. The van der Waals surface area contributed by atoms with Crippen LogP contribution in [0.15, 0.2) is 42.5 Å². The minimum absolute atomic E-state index is 0.0684. The highest BCUT2D eigenvalue weighted by atomic mass is 16.5. The molecule has 0 spiro atoms. The van der Waals surface area contributed by atoms with Crippen molar-refractivity contribution in [2.24, 2.45) is 0 Å². The Bertz CT molecular complexity index is 617. The van der Waals surface area contributed by atoms with Crippen LogP contribution in [-0.4, -0.2) is 12.5 Å². The maximum Gasteiger partial charge on any atom is 0.228 e. The van der Waals surface area contributed by atoms with E-state index in [2.05, 4.69) is 11.4 Å². The number of hydrogen-bond acceptors (Lipinski definition) is 2. The minimum atomic E-state index is 0.0684. The van der Waals surface area contributed by atoms with Crippen molar-refractivity contribution in [1.82, 2.24) is 0 Å². The van der Waals surface area contributed by atoms with Crippen LogP contribution >= 0.6 is 0 Å². The quantitative estimate of drug-likeness (QED) is 0.911. The molecule has 0 saturated carbocycles. The molecule has 1 heterocycles. The van der Waals surface area contributed by atoms with Gasteiger partial charge in [-0.1, -0.05) is 18.2 Å². The number of ether oxygens (including phenoxy) is 1. The van der Waals surface area contributed by atoms with Gasteiger partial charge in [0.25, 0.3) is 0 Å². The first-order valence-electron chi connectivity index (χ1n) is 6.42. The van der Waals surface area contributed by atoms with Crippen molar-refractivity contribution in [2.45, 2.75) is 13.3 Å². The second-order valence-electron chi connectivity index (χ2n) is 4.55. The number of carbonyl (C=O) groups is 1. The summed E-state index contributed by atoms with van der Waals surface area (Å²) in [5.41, 5.74) is 4.25. The monoisotopic (exact) mass is 253 g/mol. The molecular weight excluding hydrogens is 238 g/mol. The molecule has 3 heteroatoms. The smallest absolute Gasteiger partial charge is 0.228 e. The second-order valence-corrected chi connectivity index (χ2v) is 4.55. The van der Waals surface area contributed by atoms with Crippen LogP contribution in [0.1, 0.15) is 12.5 Å². The number of carbonyl (C=O) groups excluding carboxylic acids is 1. The van der Waals surface area contributed by atoms with Crippen LogP contribution in [0.3, 0.4) is 0 Å². The lowest BCUT2D eigenvalue weighted by molar-refractivity contribution is -0.115. The van der Waals surface area contributed by atoms with Gasteiger partial charge in [0.05, 0.1) is 13.0 Å². The predicted molar refractivity (Wildman–Crippen MR) is 75.4 cm³/mol. The number of rotatable bonds is 3. The van der Waals surface area contributed by atoms with Gasteiger partial charge >= 0.3 is 0 Å². The molecule has 0 unspecified atom stereocenters. The highest BCUT2D eigenvalue weighted by Gasteiger charge is 2.17. The Morgan fingerprint density at radius 3 is 2.58 bits per heavy atom. The van der Waals surface area contributed by atoms with Gasteiger partial charge in [-0.15, -0.1) is 0 Å². The molecule has 0 saturated heterocycles. The molecule has 2 aromatic rings. The first kappa shape index (κ1) is 11.8. The lowest BCUT2D eigenvalue weighted by atomic mass is 10.0. The summed E-state index contributed by atoms with van der Waals surface area (Å²) in [6.07, 6.45) is 0.472.